The minimum Gasteiger partial charge on any atom is -0.491 e. The fourth-order valence-corrected chi connectivity index (χ4v) is 3.86. The Balaban J connectivity index is 1.91. The Morgan fingerprint density at radius 1 is 1.37 bits per heavy atom. The molecule has 2 aliphatic rings. The van der Waals surface area contributed by atoms with E-state index in [0.717, 1.165) is 19.3 Å². The molecule has 0 saturated heterocycles. The zero-order valence-electron chi connectivity index (χ0n) is 16.3. The highest BCUT2D eigenvalue weighted by molar-refractivity contribution is 5.69. The number of ether oxygens (including phenoxy) is 1. The number of carboxylic acid groups (broad SMARTS) is 1. The molecule has 1 aliphatic heterocycles. The third-order valence-corrected chi connectivity index (χ3v) is 5.68. The van der Waals surface area contributed by atoms with Gasteiger partial charge in [0, 0.05) is 18.3 Å². The zero-order chi connectivity index (χ0) is 20.0. The molecule has 0 bridgehead atoms. The molecule has 1 fully saturated rings. The highest BCUT2D eigenvalue weighted by Crippen LogP contribution is 2.43. The molecule has 0 aromatic heterocycles. The Hall–Kier alpha value is -1.40. The predicted molar refractivity (Wildman–Crippen MR) is 101 cm³/mol. The van der Waals surface area contributed by atoms with E-state index < -0.39 is 30.3 Å². The summed E-state index contributed by atoms with van der Waals surface area (Å²) in [6.07, 6.45) is 7.30. The summed E-state index contributed by atoms with van der Waals surface area (Å²) < 4.78 is 20.2. The molecule has 0 aromatic carbocycles. The van der Waals surface area contributed by atoms with Crippen molar-refractivity contribution in [3.63, 3.8) is 0 Å². The van der Waals surface area contributed by atoms with E-state index in [1.807, 2.05) is 6.08 Å². The first-order valence-corrected chi connectivity index (χ1v) is 10.1. The quantitative estimate of drug-likeness (QED) is 0.374. The van der Waals surface area contributed by atoms with Gasteiger partial charge in [-0.05, 0) is 25.3 Å². The van der Waals surface area contributed by atoms with Gasteiger partial charge in [-0.15, -0.1) is 0 Å². The number of hydrogen-bond acceptors (Lipinski definition) is 4. The molecule has 6 heteroatoms. The second-order valence-corrected chi connectivity index (χ2v) is 7.92. The predicted octanol–water partition coefficient (Wildman–Crippen LogP) is 3.60. The van der Waals surface area contributed by atoms with E-state index in [0.29, 0.717) is 12.8 Å². The summed E-state index contributed by atoms with van der Waals surface area (Å²) in [4.78, 5) is 10.9. The molecule has 1 heterocycles. The maximum atomic E-state index is 14.4. The van der Waals surface area contributed by atoms with Crippen molar-refractivity contribution in [2.45, 2.75) is 83.3 Å². The Bertz CT molecular complexity index is 547. The maximum Gasteiger partial charge on any atom is 0.306 e. The van der Waals surface area contributed by atoms with Crippen molar-refractivity contribution < 1.29 is 29.2 Å². The van der Waals surface area contributed by atoms with Crippen molar-refractivity contribution >= 4 is 5.97 Å². The van der Waals surface area contributed by atoms with Crippen LogP contribution in [0, 0.1) is 17.8 Å². The standard InChI is InChI=1S/C21H33FO5/c1-3-4-5-6-14(23)8-9-15-16-11-20(27-19(16)12-18(15)24)17(22)10-7-13(2)21(25)26/h8-9,11,13-19,23-24H,3-7,10,12H2,1-2H3,(H,25,26)/b9-8+/t13?,14-,15+,16+,17+,18+,19-/m0/s1. The van der Waals surface area contributed by atoms with E-state index in [1.54, 1.807) is 19.1 Å². The monoisotopic (exact) mass is 384 g/mol. The number of aliphatic hydroxyl groups excluding tert-OH is 2. The van der Waals surface area contributed by atoms with Gasteiger partial charge >= 0.3 is 5.97 Å². The second kappa shape index (κ2) is 10.2. The molecule has 1 saturated carbocycles. The molecule has 3 N–H and O–H groups in total. The SMILES string of the molecule is CCCCC[C@H](O)/C=C/[C@@H]1[C@H]2C=C([C@H](F)CCC(C)C(=O)O)O[C@H]2C[C@H]1O. The molecule has 7 atom stereocenters. The van der Waals surface area contributed by atoms with Crippen molar-refractivity contribution in [2.75, 3.05) is 0 Å². The van der Waals surface area contributed by atoms with Crippen LogP contribution < -0.4 is 0 Å². The molecule has 0 aromatic rings. The fraction of sp³-hybridized carbons (Fsp3) is 0.762. The van der Waals surface area contributed by atoms with Gasteiger partial charge in [-0.25, -0.2) is 4.39 Å². The molecular formula is C21H33FO5. The van der Waals surface area contributed by atoms with E-state index in [2.05, 4.69) is 6.92 Å². The Morgan fingerprint density at radius 3 is 2.78 bits per heavy atom. The van der Waals surface area contributed by atoms with Crippen LogP contribution in [0.3, 0.4) is 0 Å². The lowest BCUT2D eigenvalue weighted by molar-refractivity contribution is -0.141. The number of carboxylic acids is 1. The van der Waals surface area contributed by atoms with Crippen molar-refractivity contribution in [1.29, 1.82) is 0 Å². The van der Waals surface area contributed by atoms with Gasteiger partial charge in [-0.3, -0.25) is 4.79 Å². The van der Waals surface area contributed by atoms with E-state index in [9.17, 15) is 19.4 Å². The average Bonchev–Trinajstić information content (AvgIpc) is 3.15. The number of allylic oxidation sites excluding steroid dienone is 1. The van der Waals surface area contributed by atoms with Gasteiger partial charge in [0.2, 0.25) is 0 Å². The summed E-state index contributed by atoms with van der Waals surface area (Å²) >= 11 is 0. The minimum atomic E-state index is -1.32. The van der Waals surface area contributed by atoms with Gasteiger partial charge in [0.05, 0.1) is 18.1 Å². The molecule has 0 amide bonds. The van der Waals surface area contributed by atoms with Crippen LogP contribution in [0.15, 0.2) is 24.0 Å². The number of aliphatic hydroxyl groups is 2. The Labute approximate surface area is 160 Å². The zero-order valence-corrected chi connectivity index (χ0v) is 16.3. The van der Waals surface area contributed by atoms with E-state index in [1.165, 1.54) is 0 Å². The van der Waals surface area contributed by atoms with Crippen LogP contribution in [0.4, 0.5) is 4.39 Å². The molecule has 0 spiro atoms. The highest BCUT2D eigenvalue weighted by Gasteiger charge is 2.46. The average molecular weight is 384 g/mol. The summed E-state index contributed by atoms with van der Waals surface area (Å²) in [7, 11) is 0. The lowest BCUT2D eigenvalue weighted by Crippen LogP contribution is -2.17. The number of alkyl halides is 1. The number of fused-ring (bicyclic) bond motifs is 1. The molecule has 154 valence electrons. The third kappa shape index (κ3) is 6.04. The first kappa shape index (κ1) is 21.9. The second-order valence-electron chi connectivity index (χ2n) is 7.92. The van der Waals surface area contributed by atoms with Crippen LogP contribution >= 0.6 is 0 Å². The van der Waals surface area contributed by atoms with Crippen LogP contribution in [0.5, 0.6) is 0 Å². The summed E-state index contributed by atoms with van der Waals surface area (Å²) in [5.74, 6) is -1.55. The lowest BCUT2D eigenvalue weighted by atomic mass is 9.92. The lowest BCUT2D eigenvalue weighted by Gasteiger charge is -2.15. The minimum absolute atomic E-state index is 0.107. The van der Waals surface area contributed by atoms with Crippen LogP contribution in [0.1, 0.15) is 58.8 Å². The number of hydrogen-bond donors (Lipinski definition) is 3. The molecular weight excluding hydrogens is 351 g/mol. The topological polar surface area (TPSA) is 87.0 Å². The maximum absolute atomic E-state index is 14.4. The summed E-state index contributed by atoms with van der Waals surface area (Å²) in [6, 6.07) is 0. The number of unbranched alkanes of at least 4 members (excludes halogenated alkanes) is 2. The van der Waals surface area contributed by atoms with Crippen molar-refractivity contribution in [3.05, 3.63) is 24.0 Å². The van der Waals surface area contributed by atoms with Gasteiger partial charge in [-0.1, -0.05) is 45.3 Å². The highest BCUT2D eigenvalue weighted by atomic mass is 19.1. The van der Waals surface area contributed by atoms with Crippen LogP contribution in [0.2, 0.25) is 0 Å². The summed E-state index contributed by atoms with van der Waals surface area (Å²) in [5, 5.41) is 29.2. The van der Waals surface area contributed by atoms with Gasteiger partial charge < -0.3 is 20.1 Å². The summed E-state index contributed by atoms with van der Waals surface area (Å²) in [5.41, 5.74) is 0. The van der Waals surface area contributed by atoms with E-state index >= 15 is 0 Å². The Kier molecular flexibility index (Phi) is 8.29. The van der Waals surface area contributed by atoms with Gasteiger partial charge in [0.25, 0.3) is 0 Å². The van der Waals surface area contributed by atoms with Crippen LogP contribution in [0.25, 0.3) is 0 Å². The molecule has 1 unspecified atom stereocenters. The molecule has 1 aliphatic carbocycles. The summed E-state index contributed by atoms with van der Waals surface area (Å²) in [6.45, 7) is 3.68. The smallest absolute Gasteiger partial charge is 0.306 e. The number of rotatable bonds is 11. The Morgan fingerprint density at radius 2 is 2.11 bits per heavy atom. The van der Waals surface area contributed by atoms with Crippen molar-refractivity contribution in [1.82, 2.24) is 0 Å². The van der Waals surface area contributed by atoms with Gasteiger partial charge in [0.15, 0.2) is 6.17 Å². The van der Waals surface area contributed by atoms with Crippen LogP contribution in [-0.4, -0.2) is 45.8 Å². The molecule has 0 radical (unpaired) electrons. The van der Waals surface area contributed by atoms with Crippen molar-refractivity contribution in [2.24, 2.45) is 17.8 Å². The normalized spacial score (nSPS) is 30.6. The first-order chi connectivity index (χ1) is 12.8. The number of carbonyl (C=O) groups is 1. The molecule has 5 nitrogen and oxygen atoms in total. The van der Waals surface area contributed by atoms with E-state index in [-0.39, 0.29) is 36.5 Å². The van der Waals surface area contributed by atoms with Crippen LogP contribution in [-0.2, 0) is 9.53 Å². The number of halogens is 1. The van der Waals surface area contributed by atoms with Crippen molar-refractivity contribution in [3.8, 4) is 0 Å². The number of aliphatic carboxylic acids is 1. The first-order valence-electron chi connectivity index (χ1n) is 10.1. The fourth-order valence-electron chi connectivity index (χ4n) is 3.86. The molecule has 2 rings (SSSR count). The van der Waals surface area contributed by atoms with Gasteiger partial charge in [-0.2, -0.15) is 0 Å². The van der Waals surface area contributed by atoms with E-state index in [4.69, 9.17) is 9.84 Å². The largest absolute Gasteiger partial charge is 0.491 e. The van der Waals surface area contributed by atoms with Gasteiger partial charge in [0.1, 0.15) is 11.9 Å². The third-order valence-electron chi connectivity index (χ3n) is 5.68. The molecule has 27 heavy (non-hydrogen) atoms.